The van der Waals surface area contributed by atoms with Gasteiger partial charge in [-0.25, -0.2) is 0 Å². The molecule has 0 heterocycles. The zero-order valence-electron chi connectivity index (χ0n) is 12.7. The molecule has 0 aliphatic heterocycles. The van der Waals surface area contributed by atoms with E-state index in [4.69, 9.17) is 4.74 Å². The molecule has 2 unspecified atom stereocenters. The van der Waals surface area contributed by atoms with Gasteiger partial charge in [0.05, 0.1) is 0 Å². The highest BCUT2D eigenvalue weighted by Crippen LogP contribution is 2.20. The Bertz CT molecular complexity index is 436. The average Bonchev–Trinajstić information content (AvgIpc) is 2.44. The van der Waals surface area contributed by atoms with E-state index in [1.54, 1.807) is 0 Å². The first-order valence-corrected chi connectivity index (χ1v) is 8.13. The summed E-state index contributed by atoms with van der Waals surface area (Å²) in [6, 6.07) is 10.0. The van der Waals surface area contributed by atoms with Crippen LogP contribution in [-0.4, -0.2) is 10.9 Å². The summed E-state index contributed by atoms with van der Waals surface area (Å²) in [6.45, 7) is 10.4. The van der Waals surface area contributed by atoms with E-state index in [0.717, 1.165) is 25.0 Å². The summed E-state index contributed by atoms with van der Waals surface area (Å²) in [5, 5.41) is 0. The van der Waals surface area contributed by atoms with Gasteiger partial charge in [-0.05, 0) is 51.3 Å². The molecule has 1 rings (SSSR count). The maximum atomic E-state index is 5.98. The molecule has 0 fully saturated rings. The summed E-state index contributed by atoms with van der Waals surface area (Å²) in [4.78, 5) is 0.404. The van der Waals surface area contributed by atoms with Crippen molar-refractivity contribution in [3.63, 3.8) is 0 Å². The monoisotopic (exact) mass is 336 g/mol. The van der Waals surface area contributed by atoms with Gasteiger partial charge < -0.3 is 4.74 Å². The molecule has 0 aliphatic carbocycles. The molecule has 0 N–H and O–H groups in total. The Morgan fingerprint density at radius 3 is 2.50 bits per heavy atom. The fourth-order valence-electron chi connectivity index (χ4n) is 1.91. The summed E-state index contributed by atoms with van der Waals surface area (Å²) in [5.74, 6) is 0.934. The van der Waals surface area contributed by atoms with Crippen molar-refractivity contribution in [2.24, 2.45) is 0 Å². The van der Waals surface area contributed by atoms with E-state index in [2.05, 4.69) is 49.4 Å². The number of halogens is 1. The largest absolute Gasteiger partial charge is 0.486 e. The van der Waals surface area contributed by atoms with Gasteiger partial charge in [0.25, 0.3) is 0 Å². The highest BCUT2D eigenvalue weighted by molar-refractivity contribution is 9.09. The van der Waals surface area contributed by atoms with Gasteiger partial charge >= 0.3 is 0 Å². The van der Waals surface area contributed by atoms with Crippen LogP contribution >= 0.6 is 15.9 Å². The smallest absolute Gasteiger partial charge is 0.120 e. The van der Waals surface area contributed by atoms with Gasteiger partial charge in [-0.2, -0.15) is 0 Å². The lowest BCUT2D eigenvalue weighted by Crippen LogP contribution is -2.13. The normalized spacial score (nSPS) is 14.7. The minimum Gasteiger partial charge on any atom is -0.486 e. The van der Waals surface area contributed by atoms with E-state index in [9.17, 15) is 0 Å². The molecule has 20 heavy (non-hydrogen) atoms. The molecule has 1 aromatic carbocycles. The van der Waals surface area contributed by atoms with E-state index in [1.165, 1.54) is 11.1 Å². The van der Waals surface area contributed by atoms with Gasteiger partial charge in [-0.3, -0.25) is 0 Å². The van der Waals surface area contributed by atoms with Gasteiger partial charge in [0.15, 0.2) is 0 Å². The van der Waals surface area contributed by atoms with Crippen molar-refractivity contribution < 1.29 is 4.74 Å². The van der Waals surface area contributed by atoms with Crippen LogP contribution in [0, 0.1) is 0 Å². The third-order valence-corrected chi connectivity index (χ3v) is 4.47. The van der Waals surface area contributed by atoms with Crippen LogP contribution < -0.4 is 4.74 Å². The quantitative estimate of drug-likeness (QED) is 0.423. The minimum absolute atomic E-state index is 0.149. The molecule has 2 heteroatoms. The van der Waals surface area contributed by atoms with Gasteiger partial charge in [0.2, 0.25) is 0 Å². The molecule has 0 spiro atoms. The van der Waals surface area contributed by atoms with Crippen molar-refractivity contribution in [1.29, 1.82) is 0 Å². The Balaban J connectivity index is 2.53. The van der Waals surface area contributed by atoms with Crippen LogP contribution in [0.4, 0.5) is 0 Å². The molecular weight excluding hydrogens is 312 g/mol. The van der Waals surface area contributed by atoms with Crippen LogP contribution in [0.1, 0.15) is 40.0 Å². The molecular formula is C18H25BrO. The van der Waals surface area contributed by atoms with Crippen LogP contribution in [0.15, 0.2) is 54.1 Å². The summed E-state index contributed by atoms with van der Waals surface area (Å²) in [7, 11) is 0. The number of ether oxygens (including phenoxy) is 1. The predicted octanol–water partition coefficient (Wildman–Crippen LogP) is 5.91. The summed E-state index contributed by atoms with van der Waals surface area (Å²) in [6.07, 6.45) is 5.52. The van der Waals surface area contributed by atoms with Gasteiger partial charge in [0, 0.05) is 4.83 Å². The van der Waals surface area contributed by atoms with Crippen molar-refractivity contribution >= 4 is 15.9 Å². The Labute approximate surface area is 131 Å². The number of allylic oxidation sites excluding steroid dienone is 2. The van der Waals surface area contributed by atoms with E-state index >= 15 is 0 Å². The second kappa shape index (κ2) is 9.02. The zero-order valence-corrected chi connectivity index (χ0v) is 14.3. The van der Waals surface area contributed by atoms with Crippen molar-refractivity contribution in [2.75, 3.05) is 0 Å². The summed E-state index contributed by atoms with van der Waals surface area (Å²) < 4.78 is 5.98. The van der Waals surface area contributed by atoms with Crippen LogP contribution in [0.25, 0.3) is 0 Å². The van der Waals surface area contributed by atoms with E-state index in [1.807, 2.05) is 30.3 Å². The van der Waals surface area contributed by atoms with Crippen molar-refractivity contribution in [3.05, 3.63) is 54.1 Å². The lowest BCUT2D eigenvalue weighted by atomic mass is 10.0. The number of benzene rings is 1. The zero-order chi connectivity index (χ0) is 15.0. The first-order valence-electron chi connectivity index (χ1n) is 7.21. The Morgan fingerprint density at radius 2 is 1.95 bits per heavy atom. The second-order valence-corrected chi connectivity index (χ2v) is 6.35. The third kappa shape index (κ3) is 6.42. The fraction of sp³-hybridized carbons (Fsp3) is 0.444. The molecule has 0 saturated heterocycles. The molecule has 0 amide bonds. The van der Waals surface area contributed by atoms with Crippen LogP contribution in [-0.2, 0) is 0 Å². The highest BCUT2D eigenvalue weighted by Gasteiger charge is 2.08. The molecule has 1 aromatic rings. The van der Waals surface area contributed by atoms with E-state index in [0.29, 0.717) is 4.83 Å². The van der Waals surface area contributed by atoms with Gasteiger partial charge in [0.1, 0.15) is 11.9 Å². The highest BCUT2D eigenvalue weighted by atomic mass is 79.9. The molecule has 0 bridgehead atoms. The fourth-order valence-corrected chi connectivity index (χ4v) is 2.14. The molecule has 0 aromatic heterocycles. The Hall–Kier alpha value is -1.02. The molecule has 1 nitrogen and oxygen atoms in total. The minimum atomic E-state index is 0.149. The van der Waals surface area contributed by atoms with Gasteiger partial charge in [-0.1, -0.05) is 58.8 Å². The van der Waals surface area contributed by atoms with Crippen LogP contribution in [0.2, 0.25) is 0 Å². The average molecular weight is 337 g/mol. The molecule has 0 radical (unpaired) electrons. The molecule has 0 aliphatic rings. The maximum absolute atomic E-state index is 5.98. The molecule has 2 atom stereocenters. The number of alkyl halides is 1. The van der Waals surface area contributed by atoms with Crippen LogP contribution in [0.5, 0.6) is 5.75 Å². The van der Waals surface area contributed by atoms with Crippen molar-refractivity contribution in [3.8, 4) is 5.75 Å². The number of hydrogen-bond acceptors (Lipinski definition) is 1. The molecule has 0 saturated carbocycles. The van der Waals surface area contributed by atoms with Crippen molar-refractivity contribution in [2.45, 2.75) is 51.0 Å². The van der Waals surface area contributed by atoms with E-state index in [-0.39, 0.29) is 6.10 Å². The van der Waals surface area contributed by atoms with Crippen molar-refractivity contribution in [1.82, 2.24) is 0 Å². The third-order valence-electron chi connectivity index (χ3n) is 3.23. The SMILES string of the molecule is C=C(C)C(Br)CCC(C)=CC(CC)Oc1ccccc1. The summed E-state index contributed by atoms with van der Waals surface area (Å²) in [5.41, 5.74) is 2.56. The first-order chi connectivity index (χ1) is 9.52. The Kier molecular flexibility index (Phi) is 7.68. The Morgan fingerprint density at radius 1 is 1.30 bits per heavy atom. The topological polar surface area (TPSA) is 9.23 Å². The lowest BCUT2D eigenvalue weighted by Gasteiger charge is -2.16. The first kappa shape index (κ1) is 17.0. The predicted molar refractivity (Wildman–Crippen MR) is 91.7 cm³/mol. The summed E-state index contributed by atoms with van der Waals surface area (Å²) >= 11 is 3.65. The van der Waals surface area contributed by atoms with Crippen LogP contribution in [0.3, 0.4) is 0 Å². The van der Waals surface area contributed by atoms with Gasteiger partial charge in [-0.15, -0.1) is 0 Å². The van der Waals surface area contributed by atoms with E-state index < -0.39 is 0 Å². The number of para-hydroxylation sites is 1. The molecule has 110 valence electrons. The lowest BCUT2D eigenvalue weighted by molar-refractivity contribution is 0.244. The number of hydrogen-bond donors (Lipinski definition) is 0. The standard InChI is InChI=1S/C18H25BrO/c1-5-16(20-17-9-7-6-8-10-17)13-15(4)11-12-18(19)14(2)3/h6-10,13,16,18H,2,5,11-12H2,1,3-4H3. The maximum Gasteiger partial charge on any atom is 0.120 e. The second-order valence-electron chi connectivity index (χ2n) is 5.24. The number of rotatable bonds is 8.